The van der Waals surface area contributed by atoms with Crippen LogP contribution in [0, 0.1) is 12.3 Å². The predicted molar refractivity (Wildman–Crippen MR) is 129 cm³/mol. The molecule has 1 aliphatic rings. The third-order valence-electron chi connectivity index (χ3n) is 5.71. The minimum absolute atomic E-state index is 0.294. The molecule has 9 heteroatoms. The van der Waals surface area contributed by atoms with Crippen LogP contribution in [0.3, 0.4) is 0 Å². The highest BCUT2D eigenvalue weighted by molar-refractivity contribution is 5.90. The monoisotopic (exact) mass is 444 g/mol. The summed E-state index contributed by atoms with van der Waals surface area (Å²) in [6, 6.07) is 7.91. The zero-order valence-corrected chi connectivity index (χ0v) is 19.6. The number of rotatable bonds is 6. The number of pyridine rings is 1. The molecule has 4 heterocycles. The molecule has 3 aromatic heterocycles. The number of anilines is 3. The Morgan fingerprint density at radius 1 is 1.15 bits per heavy atom. The van der Waals surface area contributed by atoms with Crippen molar-refractivity contribution in [1.29, 1.82) is 0 Å². The Morgan fingerprint density at radius 2 is 1.97 bits per heavy atom. The molecule has 1 aromatic carbocycles. The van der Waals surface area contributed by atoms with Crippen LogP contribution in [0.1, 0.15) is 26.5 Å². The Kier molecular flexibility index (Phi) is 5.11. The SMILES string of the molecule is CCOc1cc(-c2nncn2C)ccc1Nc1ncc2cc(C)nc(N3CC(C)(C)C3)c2n1. The lowest BCUT2D eigenvalue weighted by atomic mass is 9.84. The fourth-order valence-electron chi connectivity index (χ4n) is 4.28. The summed E-state index contributed by atoms with van der Waals surface area (Å²) in [5, 5.41) is 12.5. The van der Waals surface area contributed by atoms with Gasteiger partial charge in [0.2, 0.25) is 5.95 Å². The van der Waals surface area contributed by atoms with Crippen molar-refractivity contribution in [3.05, 3.63) is 42.5 Å². The van der Waals surface area contributed by atoms with Crippen LogP contribution in [0.15, 0.2) is 36.8 Å². The van der Waals surface area contributed by atoms with Gasteiger partial charge in [-0.2, -0.15) is 0 Å². The van der Waals surface area contributed by atoms with E-state index >= 15 is 0 Å². The first-order valence-electron chi connectivity index (χ1n) is 11.1. The fraction of sp³-hybridized carbons (Fsp3) is 0.375. The van der Waals surface area contributed by atoms with Crippen molar-refractivity contribution in [2.75, 3.05) is 29.9 Å². The number of ether oxygens (including phenoxy) is 1. The van der Waals surface area contributed by atoms with Gasteiger partial charge in [0.1, 0.15) is 17.6 Å². The Balaban J connectivity index is 1.50. The van der Waals surface area contributed by atoms with E-state index in [1.807, 2.05) is 55.9 Å². The highest BCUT2D eigenvalue weighted by atomic mass is 16.5. The second-order valence-corrected chi connectivity index (χ2v) is 9.27. The topological polar surface area (TPSA) is 93.9 Å². The minimum atomic E-state index is 0.294. The molecule has 5 rings (SSSR count). The number of fused-ring (bicyclic) bond motifs is 1. The van der Waals surface area contributed by atoms with Gasteiger partial charge in [0, 0.05) is 43.0 Å². The predicted octanol–water partition coefficient (Wildman–Crippen LogP) is 4.12. The van der Waals surface area contributed by atoms with Crippen LogP contribution in [-0.4, -0.2) is 49.4 Å². The maximum atomic E-state index is 5.91. The second kappa shape index (κ2) is 7.99. The van der Waals surface area contributed by atoms with E-state index in [9.17, 15) is 0 Å². The summed E-state index contributed by atoms with van der Waals surface area (Å²) in [6.07, 6.45) is 3.53. The third kappa shape index (κ3) is 4.06. The van der Waals surface area contributed by atoms with Crippen LogP contribution in [0.25, 0.3) is 22.3 Å². The summed E-state index contributed by atoms with van der Waals surface area (Å²) in [5.74, 6) is 2.89. The van der Waals surface area contributed by atoms with Crippen LogP contribution in [0.4, 0.5) is 17.5 Å². The molecule has 33 heavy (non-hydrogen) atoms. The van der Waals surface area contributed by atoms with Gasteiger partial charge in [-0.05, 0) is 43.5 Å². The molecule has 0 amide bonds. The number of hydrogen-bond acceptors (Lipinski definition) is 8. The van der Waals surface area contributed by atoms with Crippen LogP contribution in [0.2, 0.25) is 0 Å². The molecule has 170 valence electrons. The molecule has 1 aliphatic heterocycles. The maximum absolute atomic E-state index is 5.91. The van der Waals surface area contributed by atoms with E-state index in [0.29, 0.717) is 23.7 Å². The van der Waals surface area contributed by atoms with Gasteiger partial charge in [0.15, 0.2) is 11.6 Å². The Hall–Kier alpha value is -3.75. The summed E-state index contributed by atoms with van der Waals surface area (Å²) in [4.78, 5) is 16.5. The average Bonchev–Trinajstić information content (AvgIpc) is 3.19. The summed E-state index contributed by atoms with van der Waals surface area (Å²) >= 11 is 0. The van der Waals surface area contributed by atoms with Gasteiger partial charge in [0.05, 0.1) is 12.3 Å². The molecule has 4 aromatic rings. The van der Waals surface area contributed by atoms with Gasteiger partial charge in [0.25, 0.3) is 0 Å². The lowest BCUT2D eigenvalue weighted by Gasteiger charge is -2.46. The summed E-state index contributed by atoms with van der Waals surface area (Å²) < 4.78 is 7.78. The van der Waals surface area contributed by atoms with E-state index in [2.05, 4.69) is 39.2 Å². The fourth-order valence-corrected chi connectivity index (χ4v) is 4.28. The van der Waals surface area contributed by atoms with Crippen molar-refractivity contribution >= 4 is 28.4 Å². The Bertz CT molecular complexity index is 1320. The van der Waals surface area contributed by atoms with Gasteiger partial charge in [-0.3, -0.25) is 0 Å². The van der Waals surface area contributed by atoms with E-state index in [4.69, 9.17) is 14.7 Å². The molecular formula is C24H28N8O. The van der Waals surface area contributed by atoms with Gasteiger partial charge in [-0.1, -0.05) is 13.8 Å². The number of benzene rings is 1. The van der Waals surface area contributed by atoms with Crippen LogP contribution >= 0.6 is 0 Å². The van der Waals surface area contributed by atoms with Crippen molar-refractivity contribution in [3.8, 4) is 17.1 Å². The molecule has 1 fully saturated rings. The third-order valence-corrected chi connectivity index (χ3v) is 5.71. The Morgan fingerprint density at radius 3 is 2.67 bits per heavy atom. The number of nitrogens with zero attached hydrogens (tertiary/aromatic N) is 7. The summed E-state index contributed by atoms with van der Waals surface area (Å²) in [7, 11) is 1.91. The number of nitrogens with one attached hydrogen (secondary N) is 1. The van der Waals surface area contributed by atoms with Crippen LogP contribution in [-0.2, 0) is 7.05 Å². The average molecular weight is 445 g/mol. The van der Waals surface area contributed by atoms with Gasteiger partial charge in [-0.25, -0.2) is 15.0 Å². The van der Waals surface area contributed by atoms with E-state index < -0.39 is 0 Å². The first kappa shape index (κ1) is 21.1. The molecule has 1 N–H and O–H groups in total. The Labute approximate surface area is 192 Å². The van der Waals surface area contributed by atoms with Crippen LogP contribution in [0.5, 0.6) is 5.75 Å². The molecule has 0 radical (unpaired) electrons. The normalized spacial score (nSPS) is 14.9. The molecule has 0 unspecified atom stereocenters. The van der Waals surface area contributed by atoms with Gasteiger partial charge < -0.3 is 19.5 Å². The maximum Gasteiger partial charge on any atom is 0.227 e. The largest absolute Gasteiger partial charge is 0.492 e. The van der Waals surface area contributed by atoms with Crippen molar-refractivity contribution in [3.63, 3.8) is 0 Å². The highest BCUT2D eigenvalue weighted by Crippen LogP contribution is 2.36. The van der Waals surface area contributed by atoms with E-state index in [-0.39, 0.29) is 0 Å². The van der Waals surface area contributed by atoms with E-state index in [0.717, 1.165) is 52.6 Å². The summed E-state index contributed by atoms with van der Waals surface area (Å²) in [6.45, 7) is 11.0. The van der Waals surface area contributed by atoms with Gasteiger partial charge in [-0.15, -0.1) is 10.2 Å². The number of hydrogen-bond donors (Lipinski definition) is 1. The lowest BCUT2D eigenvalue weighted by molar-refractivity contribution is 0.275. The molecule has 0 atom stereocenters. The quantitative estimate of drug-likeness (QED) is 0.475. The zero-order chi connectivity index (χ0) is 23.2. The minimum Gasteiger partial charge on any atom is -0.492 e. The number of aromatic nitrogens is 6. The molecule has 0 aliphatic carbocycles. The van der Waals surface area contributed by atoms with Gasteiger partial charge >= 0.3 is 0 Å². The van der Waals surface area contributed by atoms with Crippen molar-refractivity contribution in [1.82, 2.24) is 29.7 Å². The zero-order valence-electron chi connectivity index (χ0n) is 19.6. The van der Waals surface area contributed by atoms with Crippen molar-refractivity contribution in [2.24, 2.45) is 12.5 Å². The molecule has 0 saturated carbocycles. The molecule has 9 nitrogen and oxygen atoms in total. The van der Waals surface area contributed by atoms with E-state index in [1.165, 1.54) is 0 Å². The number of aryl methyl sites for hydroxylation is 2. The van der Waals surface area contributed by atoms with Crippen molar-refractivity contribution in [2.45, 2.75) is 27.7 Å². The van der Waals surface area contributed by atoms with E-state index in [1.54, 1.807) is 6.33 Å². The van der Waals surface area contributed by atoms with Crippen molar-refractivity contribution < 1.29 is 4.74 Å². The molecule has 1 saturated heterocycles. The first-order chi connectivity index (χ1) is 15.8. The first-order valence-corrected chi connectivity index (χ1v) is 11.1. The van der Waals surface area contributed by atoms with Crippen LogP contribution < -0.4 is 15.0 Å². The molecular weight excluding hydrogens is 416 g/mol. The second-order valence-electron chi connectivity index (χ2n) is 9.27. The summed E-state index contributed by atoms with van der Waals surface area (Å²) in [5.41, 5.74) is 3.81. The smallest absolute Gasteiger partial charge is 0.227 e. The molecule has 0 spiro atoms. The molecule has 0 bridgehead atoms. The standard InChI is InChI=1S/C24H28N8O/c1-6-33-19-10-16(21-30-26-14-31(21)5)7-8-18(19)28-23-25-11-17-9-15(2)27-22(20(17)29-23)32-12-24(3,4)13-32/h7-11,14H,6,12-13H2,1-5H3,(H,25,28,29). The highest BCUT2D eigenvalue weighted by Gasteiger charge is 2.36. The lowest BCUT2D eigenvalue weighted by Crippen LogP contribution is -2.53.